The Hall–Kier alpha value is -0.610. The molecule has 1 aromatic heterocycles. The van der Waals surface area contributed by atoms with E-state index < -0.39 is 54.6 Å². The molecule has 3 unspecified atom stereocenters. The molecule has 8 N–H and O–H groups in total. The van der Waals surface area contributed by atoms with Gasteiger partial charge in [0.2, 0.25) is 4.77 Å². The third-order valence-electron chi connectivity index (χ3n) is 3.60. The monoisotopic (exact) mass is 513 g/mol. The van der Waals surface area contributed by atoms with Crippen LogP contribution in [0.15, 0.2) is 6.20 Å². The molecule has 1 saturated heterocycles. The summed E-state index contributed by atoms with van der Waals surface area (Å²) in [6.45, 7) is 0.644. The number of phosphoric acid groups is 3. The molecule has 0 radical (unpaired) electrons. The van der Waals surface area contributed by atoms with Crippen molar-refractivity contribution in [2.24, 2.45) is 0 Å². The predicted octanol–water partition coefficient (Wildman–Crippen LogP) is -0.534. The van der Waals surface area contributed by atoms with Crippen molar-refractivity contribution in [3.63, 3.8) is 0 Å². The highest BCUT2D eigenvalue weighted by Crippen LogP contribution is 2.66. The average molecular weight is 513 g/mol. The standard InChI is InChI=1S/C10H18N3O13P3S/c1-4-2-13(10(30)12-8(4)11)9-7(15)6(14)5(24-9)3-23-28(19,20)26-29(21,22)25-27(16,17)18/h2,5-7,9,14-15H,3H2,1H3,(H,19,20)(H,21,22)(H2,11,12,30)(H2,16,17,18)/t5-,6+,7?,9-/m1/s1. The van der Waals surface area contributed by atoms with E-state index in [0.717, 1.165) is 0 Å². The smallest absolute Gasteiger partial charge is 0.387 e. The first-order valence-corrected chi connectivity index (χ1v) is 12.6. The minimum Gasteiger partial charge on any atom is -0.387 e. The molecule has 1 aliphatic heterocycles. The van der Waals surface area contributed by atoms with Gasteiger partial charge in [-0.05, 0) is 19.1 Å². The summed E-state index contributed by atoms with van der Waals surface area (Å²) in [7, 11) is -16.7. The van der Waals surface area contributed by atoms with Crippen molar-refractivity contribution >= 4 is 41.5 Å². The molecule has 20 heteroatoms. The fourth-order valence-corrected chi connectivity index (χ4v) is 5.61. The van der Waals surface area contributed by atoms with Crippen LogP contribution in [0.5, 0.6) is 0 Å². The summed E-state index contributed by atoms with van der Waals surface area (Å²) in [6, 6.07) is 0. The van der Waals surface area contributed by atoms with Gasteiger partial charge in [-0.2, -0.15) is 8.62 Å². The molecule has 16 nitrogen and oxygen atoms in total. The van der Waals surface area contributed by atoms with Gasteiger partial charge in [0.05, 0.1) is 6.61 Å². The topological polar surface area (TPSA) is 253 Å². The van der Waals surface area contributed by atoms with Crippen molar-refractivity contribution in [1.29, 1.82) is 0 Å². The first-order chi connectivity index (χ1) is 13.5. The van der Waals surface area contributed by atoms with Crippen LogP contribution in [0.1, 0.15) is 11.8 Å². The van der Waals surface area contributed by atoms with Crippen LogP contribution < -0.4 is 5.73 Å². The quantitative estimate of drug-likeness (QED) is 0.170. The van der Waals surface area contributed by atoms with Crippen LogP contribution in [-0.4, -0.2) is 64.3 Å². The van der Waals surface area contributed by atoms with Crippen molar-refractivity contribution < 1.29 is 61.4 Å². The highest BCUT2D eigenvalue weighted by Gasteiger charge is 2.46. The Kier molecular flexibility index (Phi) is 7.78. The number of nitrogens with zero attached hydrogens (tertiary/aromatic N) is 2. The number of phosphoric ester groups is 1. The van der Waals surface area contributed by atoms with Gasteiger partial charge in [-0.1, -0.05) is 0 Å². The maximum atomic E-state index is 11.7. The van der Waals surface area contributed by atoms with E-state index in [1.54, 1.807) is 6.92 Å². The fraction of sp³-hybridized carbons (Fsp3) is 0.600. The van der Waals surface area contributed by atoms with Crippen LogP contribution in [0.25, 0.3) is 0 Å². The minimum atomic E-state index is -5.69. The number of nitrogen functional groups attached to an aromatic ring is 1. The Morgan fingerprint density at radius 3 is 2.33 bits per heavy atom. The first-order valence-electron chi connectivity index (χ1n) is 7.66. The molecule has 2 heterocycles. The Balaban J connectivity index is 2.09. The van der Waals surface area contributed by atoms with Gasteiger partial charge in [0.15, 0.2) is 6.23 Å². The number of rotatable bonds is 8. The molecule has 6 atom stereocenters. The lowest BCUT2D eigenvalue weighted by Gasteiger charge is -2.20. The average Bonchev–Trinajstić information content (AvgIpc) is 2.81. The minimum absolute atomic E-state index is 0.0945. The Labute approximate surface area is 173 Å². The Morgan fingerprint density at radius 2 is 1.77 bits per heavy atom. The largest absolute Gasteiger partial charge is 0.490 e. The van der Waals surface area contributed by atoms with Crippen LogP contribution in [0.3, 0.4) is 0 Å². The zero-order valence-corrected chi connectivity index (χ0v) is 18.4. The molecule has 1 aliphatic rings. The lowest BCUT2D eigenvalue weighted by molar-refractivity contribution is -0.0533. The molecule has 0 spiro atoms. The van der Waals surface area contributed by atoms with Gasteiger partial charge in [-0.15, -0.1) is 0 Å². The SMILES string of the molecule is Cc1cn([C@@H]2O[C@H](COP(=O)(O)OP(=O)(O)OP(=O)(O)O)[C@H](O)C2O)c(=S)nc1N. The first kappa shape index (κ1) is 25.6. The van der Waals surface area contributed by atoms with Crippen LogP contribution in [0.2, 0.25) is 0 Å². The van der Waals surface area contributed by atoms with Crippen molar-refractivity contribution in [2.45, 2.75) is 31.5 Å². The molecule has 1 fully saturated rings. The summed E-state index contributed by atoms with van der Waals surface area (Å²) in [6.07, 6.45) is -4.59. The zero-order valence-electron chi connectivity index (χ0n) is 14.9. The van der Waals surface area contributed by atoms with Crippen molar-refractivity contribution in [3.8, 4) is 0 Å². The normalized spacial score (nSPS) is 28.8. The number of nitrogens with two attached hydrogens (primary N) is 1. The van der Waals surface area contributed by atoms with Crippen molar-refractivity contribution in [2.75, 3.05) is 12.3 Å². The third-order valence-corrected chi connectivity index (χ3v) is 7.71. The van der Waals surface area contributed by atoms with Gasteiger partial charge < -0.3 is 40.3 Å². The van der Waals surface area contributed by atoms with Gasteiger partial charge >= 0.3 is 23.5 Å². The summed E-state index contributed by atoms with van der Waals surface area (Å²) < 4.78 is 51.6. The van der Waals surface area contributed by atoms with Gasteiger partial charge in [-0.25, -0.2) is 18.7 Å². The molecular formula is C10H18N3O13P3S. The second-order valence-corrected chi connectivity index (χ2v) is 10.7. The maximum absolute atomic E-state index is 11.7. The molecular weight excluding hydrogens is 495 g/mol. The van der Waals surface area contributed by atoms with Crippen LogP contribution in [0, 0.1) is 11.7 Å². The number of hydrogen-bond acceptors (Lipinski definition) is 12. The van der Waals surface area contributed by atoms with E-state index in [0.29, 0.717) is 5.56 Å². The molecule has 2 rings (SSSR count). The number of hydrogen-bond donors (Lipinski definition) is 7. The van der Waals surface area contributed by atoms with Gasteiger partial charge in [0.1, 0.15) is 24.1 Å². The number of aromatic nitrogens is 2. The summed E-state index contributed by atoms with van der Waals surface area (Å²) in [5.41, 5.74) is 6.10. The van der Waals surface area contributed by atoms with E-state index in [-0.39, 0.29) is 10.6 Å². The third kappa shape index (κ3) is 6.69. The molecule has 172 valence electrons. The zero-order chi connectivity index (χ0) is 23.1. The lowest BCUT2D eigenvalue weighted by atomic mass is 10.1. The summed E-state index contributed by atoms with van der Waals surface area (Å²) >= 11 is 5.02. The summed E-state index contributed by atoms with van der Waals surface area (Å²) in [5, 5.41) is 20.3. The maximum Gasteiger partial charge on any atom is 0.490 e. The van der Waals surface area contributed by atoms with Crippen LogP contribution in [0.4, 0.5) is 5.82 Å². The molecule has 0 bridgehead atoms. The number of aryl methyl sites for hydroxylation is 1. The Bertz CT molecular complexity index is 997. The second-order valence-electron chi connectivity index (χ2n) is 5.93. The van der Waals surface area contributed by atoms with E-state index in [2.05, 4.69) is 18.1 Å². The van der Waals surface area contributed by atoms with Crippen LogP contribution >= 0.6 is 35.7 Å². The van der Waals surface area contributed by atoms with E-state index in [1.807, 2.05) is 0 Å². The van der Waals surface area contributed by atoms with E-state index in [9.17, 15) is 28.8 Å². The fourth-order valence-electron chi connectivity index (χ4n) is 2.33. The Morgan fingerprint density at radius 1 is 1.17 bits per heavy atom. The molecule has 1 aromatic rings. The number of aliphatic hydroxyl groups is 2. The highest BCUT2D eigenvalue weighted by molar-refractivity contribution is 7.71. The van der Waals surface area contributed by atoms with Crippen LogP contribution in [-0.2, 0) is 31.6 Å². The number of ether oxygens (including phenoxy) is 1. The van der Waals surface area contributed by atoms with Gasteiger partial charge in [0, 0.05) is 11.8 Å². The van der Waals surface area contributed by atoms with Crippen molar-refractivity contribution in [1.82, 2.24) is 9.55 Å². The predicted molar refractivity (Wildman–Crippen MR) is 98.0 cm³/mol. The summed E-state index contributed by atoms with van der Waals surface area (Å²) in [4.78, 5) is 39.4. The van der Waals surface area contributed by atoms with Crippen molar-refractivity contribution in [3.05, 3.63) is 16.5 Å². The number of anilines is 1. The number of aliphatic hydroxyl groups excluding tert-OH is 2. The molecule has 0 saturated carbocycles. The molecule has 0 aromatic carbocycles. The second kappa shape index (κ2) is 9.10. The van der Waals surface area contributed by atoms with Gasteiger partial charge in [-0.3, -0.25) is 9.09 Å². The van der Waals surface area contributed by atoms with E-state index in [1.165, 1.54) is 10.8 Å². The van der Waals surface area contributed by atoms with Gasteiger partial charge in [0.25, 0.3) is 0 Å². The molecule has 0 aliphatic carbocycles. The lowest BCUT2D eigenvalue weighted by Crippen LogP contribution is -2.33. The molecule has 0 amide bonds. The highest BCUT2D eigenvalue weighted by atomic mass is 32.1. The van der Waals surface area contributed by atoms with E-state index >= 15 is 0 Å². The summed E-state index contributed by atoms with van der Waals surface area (Å²) in [5.74, 6) is 0.133. The molecule has 30 heavy (non-hydrogen) atoms. The van der Waals surface area contributed by atoms with E-state index in [4.69, 9.17) is 37.4 Å².